The number of fused-ring (bicyclic) bond motifs is 1. The zero-order chi connectivity index (χ0) is 18.6. The highest BCUT2D eigenvalue weighted by Crippen LogP contribution is 2.35. The van der Waals surface area contributed by atoms with Gasteiger partial charge in [-0.25, -0.2) is 0 Å². The van der Waals surface area contributed by atoms with E-state index in [4.69, 9.17) is 15.4 Å². The van der Waals surface area contributed by atoms with Crippen molar-refractivity contribution >= 4 is 10.9 Å². The summed E-state index contributed by atoms with van der Waals surface area (Å²) in [6.45, 7) is 2.85. The van der Waals surface area contributed by atoms with E-state index < -0.39 is 0 Å². The van der Waals surface area contributed by atoms with E-state index in [-0.39, 0.29) is 6.04 Å². The molecule has 0 amide bonds. The normalized spacial score (nSPS) is 23.7. The number of ether oxygens (including phenoxy) is 1. The van der Waals surface area contributed by atoms with Crippen LogP contribution in [0.1, 0.15) is 64.3 Å². The number of azide groups is 1. The molecule has 6 heteroatoms. The third-order valence-electron chi connectivity index (χ3n) is 6.11. The van der Waals surface area contributed by atoms with Crippen LogP contribution in [0.25, 0.3) is 21.3 Å². The molecule has 0 bridgehead atoms. The summed E-state index contributed by atoms with van der Waals surface area (Å²) in [7, 11) is 0. The molecule has 2 aliphatic rings. The predicted octanol–water partition coefficient (Wildman–Crippen LogP) is 6.04. The summed E-state index contributed by atoms with van der Waals surface area (Å²) in [5.41, 5.74) is 9.54. The molecule has 27 heavy (non-hydrogen) atoms. The molecule has 0 spiro atoms. The quantitative estimate of drug-likeness (QED) is 0.324. The first-order valence-corrected chi connectivity index (χ1v) is 10.4. The van der Waals surface area contributed by atoms with Crippen molar-refractivity contribution in [2.75, 3.05) is 6.61 Å². The lowest BCUT2D eigenvalue weighted by Crippen LogP contribution is -2.19. The molecule has 2 aromatic rings. The van der Waals surface area contributed by atoms with Gasteiger partial charge in [-0.1, -0.05) is 18.5 Å². The molecular weight excluding hydrogens is 338 g/mol. The van der Waals surface area contributed by atoms with Crippen LogP contribution in [0.3, 0.4) is 0 Å². The van der Waals surface area contributed by atoms with Gasteiger partial charge in [0.2, 0.25) is 0 Å². The Morgan fingerprint density at radius 1 is 1.22 bits per heavy atom. The predicted molar refractivity (Wildman–Crippen MR) is 107 cm³/mol. The van der Waals surface area contributed by atoms with E-state index in [1.165, 1.54) is 43.9 Å². The van der Waals surface area contributed by atoms with Crippen LogP contribution in [0.5, 0.6) is 5.75 Å². The van der Waals surface area contributed by atoms with Crippen LogP contribution in [-0.4, -0.2) is 22.4 Å². The topological polar surface area (TPSA) is 75.8 Å². The van der Waals surface area contributed by atoms with Crippen molar-refractivity contribution in [1.82, 2.24) is 9.78 Å². The van der Waals surface area contributed by atoms with Crippen LogP contribution in [0.2, 0.25) is 0 Å². The summed E-state index contributed by atoms with van der Waals surface area (Å²) in [4.78, 5) is 2.91. The first-order chi connectivity index (χ1) is 13.2. The van der Waals surface area contributed by atoms with Gasteiger partial charge in [-0.3, -0.25) is 4.68 Å². The van der Waals surface area contributed by atoms with E-state index in [0.717, 1.165) is 42.6 Å². The summed E-state index contributed by atoms with van der Waals surface area (Å²) in [6.07, 6.45) is 11.8. The Labute approximate surface area is 160 Å². The molecule has 1 atom stereocenters. The largest absolute Gasteiger partial charge is 0.493 e. The van der Waals surface area contributed by atoms with Crippen molar-refractivity contribution in [3.8, 4) is 5.75 Å². The second-order valence-corrected chi connectivity index (χ2v) is 8.39. The Morgan fingerprint density at radius 2 is 2.00 bits per heavy atom. The highest BCUT2D eigenvalue weighted by molar-refractivity contribution is 5.79. The lowest BCUT2D eigenvalue weighted by molar-refractivity contribution is 0.246. The fraction of sp³-hybridized carbons (Fsp3) is 0.667. The van der Waals surface area contributed by atoms with Crippen molar-refractivity contribution in [3.05, 3.63) is 34.8 Å². The molecule has 0 N–H and O–H groups in total. The van der Waals surface area contributed by atoms with Gasteiger partial charge in [0.15, 0.2) is 0 Å². The minimum atomic E-state index is 0.112. The van der Waals surface area contributed by atoms with E-state index in [0.29, 0.717) is 6.04 Å². The average Bonchev–Trinajstić information content (AvgIpc) is 3.42. The second-order valence-electron chi connectivity index (χ2n) is 8.39. The van der Waals surface area contributed by atoms with Gasteiger partial charge in [-0.2, -0.15) is 5.10 Å². The number of rotatable bonds is 8. The van der Waals surface area contributed by atoms with E-state index in [1.54, 1.807) is 0 Å². The maximum atomic E-state index is 8.51. The molecule has 1 aromatic carbocycles. The number of hydrogen-bond acceptors (Lipinski definition) is 3. The van der Waals surface area contributed by atoms with Crippen molar-refractivity contribution in [3.63, 3.8) is 0 Å². The van der Waals surface area contributed by atoms with E-state index in [2.05, 4.69) is 39.1 Å². The highest BCUT2D eigenvalue weighted by Gasteiger charge is 2.24. The second kappa shape index (κ2) is 8.22. The molecular formula is C21H29N5O. The Balaban J connectivity index is 1.32. The summed E-state index contributed by atoms with van der Waals surface area (Å²) in [5, 5.41) is 9.82. The summed E-state index contributed by atoms with van der Waals surface area (Å²) in [5.74, 6) is 2.46. The lowest BCUT2D eigenvalue weighted by atomic mass is 9.83. The molecule has 0 radical (unpaired) electrons. The van der Waals surface area contributed by atoms with Gasteiger partial charge in [0.05, 0.1) is 18.2 Å². The van der Waals surface area contributed by atoms with Crippen LogP contribution in [0.15, 0.2) is 29.5 Å². The molecule has 2 fully saturated rings. The molecule has 0 aliphatic heterocycles. The monoisotopic (exact) mass is 367 g/mol. The zero-order valence-electron chi connectivity index (χ0n) is 16.1. The molecule has 2 saturated carbocycles. The van der Waals surface area contributed by atoms with Gasteiger partial charge in [0.1, 0.15) is 5.75 Å². The Bertz CT molecular complexity index is 813. The molecule has 6 nitrogen and oxygen atoms in total. The smallest absolute Gasteiger partial charge is 0.121 e. The number of nitrogens with zero attached hydrogens (tertiary/aromatic N) is 5. The molecule has 1 aromatic heterocycles. The molecule has 2 aliphatic carbocycles. The van der Waals surface area contributed by atoms with Crippen molar-refractivity contribution in [2.24, 2.45) is 17.0 Å². The number of aromatic nitrogens is 2. The molecule has 4 rings (SSSR count). The Kier molecular flexibility index (Phi) is 5.53. The van der Waals surface area contributed by atoms with E-state index in [1.807, 2.05) is 6.92 Å². The van der Waals surface area contributed by atoms with Crippen LogP contribution in [0, 0.1) is 11.8 Å². The number of hydrogen-bond donors (Lipinski definition) is 0. The van der Waals surface area contributed by atoms with Crippen LogP contribution >= 0.6 is 0 Å². The van der Waals surface area contributed by atoms with Crippen LogP contribution in [-0.2, 0) is 0 Å². The zero-order valence-corrected chi connectivity index (χ0v) is 16.1. The first-order valence-electron chi connectivity index (χ1n) is 10.4. The third-order valence-corrected chi connectivity index (χ3v) is 6.11. The molecule has 0 saturated heterocycles. The maximum Gasteiger partial charge on any atom is 0.121 e. The summed E-state index contributed by atoms with van der Waals surface area (Å²) < 4.78 is 8.07. The van der Waals surface area contributed by atoms with Gasteiger partial charge in [0.25, 0.3) is 0 Å². The Morgan fingerprint density at radius 3 is 2.74 bits per heavy atom. The SMILES string of the molecule is CC(CCC1CCC(n2cc3ccc(OCC4CC4)cc3n2)CC1)N=[N+]=[N-]. The summed E-state index contributed by atoms with van der Waals surface area (Å²) in [6, 6.07) is 6.89. The van der Waals surface area contributed by atoms with Gasteiger partial charge in [-0.05, 0) is 74.4 Å². The number of benzene rings is 1. The minimum absolute atomic E-state index is 0.112. The molecule has 1 unspecified atom stereocenters. The van der Waals surface area contributed by atoms with Gasteiger partial charge in [0, 0.05) is 28.6 Å². The van der Waals surface area contributed by atoms with Gasteiger partial charge >= 0.3 is 0 Å². The standard InChI is InChI=1S/C21H29N5O/c1-15(23-25-22)2-3-16-6-9-19(10-7-16)26-13-18-8-11-20(12-21(18)24-26)27-14-17-4-5-17/h8,11-13,15-17,19H,2-7,9-10,14H2,1H3. The van der Waals surface area contributed by atoms with Crippen LogP contribution < -0.4 is 4.74 Å². The van der Waals surface area contributed by atoms with E-state index in [9.17, 15) is 0 Å². The highest BCUT2D eigenvalue weighted by atomic mass is 16.5. The van der Waals surface area contributed by atoms with Gasteiger partial charge in [-0.15, -0.1) is 0 Å². The Hall–Kier alpha value is -2.20. The van der Waals surface area contributed by atoms with Crippen molar-refractivity contribution in [2.45, 2.75) is 70.4 Å². The van der Waals surface area contributed by atoms with E-state index >= 15 is 0 Å². The fourth-order valence-electron chi connectivity index (χ4n) is 4.11. The van der Waals surface area contributed by atoms with Gasteiger partial charge < -0.3 is 4.74 Å². The van der Waals surface area contributed by atoms with Crippen LogP contribution in [0.4, 0.5) is 0 Å². The maximum absolute atomic E-state index is 8.51. The molecule has 144 valence electrons. The first kappa shape index (κ1) is 18.2. The van der Waals surface area contributed by atoms with Crippen molar-refractivity contribution in [1.29, 1.82) is 0 Å². The minimum Gasteiger partial charge on any atom is -0.493 e. The lowest BCUT2D eigenvalue weighted by Gasteiger charge is -2.29. The fourth-order valence-corrected chi connectivity index (χ4v) is 4.11. The average molecular weight is 367 g/mol. The van der Waals surface area contributed by atoms with Crippen molar-refractivity contribution < 1.29 is 4.74 Å². The third kappa shape index (κ3) is 4.75. The molecule has 1 heterocycles. The summed E-state index contributed by atoms with van der Waals surface area (Å²) >= 11 is 0.